The minimum absolute atomic E-state index is 0.141. The molecule has 1 fully saturated rings. The van der Waals surface area contributed by atoms with Crippen LogP contribution in [0.5, 0.6) is 0 Å². The molecule has 0 saturated carbocycles. The lowest BCUT2D eigenvalue weighted by Crippen LogP contribution is -2.38. The third kappa shape index (κ3) is 3.41. The Bertz CT molecular complexity index is 483. The van der Waals surface area contributed by atoms with Crippen molar-refractivity contribution in [3.8, 4) is 0 Å². The summed E-state index contributed by atoms with van der Waals surface area (Å²) in [6.45, 7) is 3.88. The molecule has 19 heavy (non-hydrogen) atoms. The molecule has 0 aromatic heterocycles. The number of esters is 1. The molecule has 102 valence electrons. The average molecular weight is 262 g/mol. The molecule has 0 amide bonds. The monoisotopic (exact) mass is 262 g/mol. The Hall–Kier alpha value is -1.68. The molecular weight excluding hydrogens is 244 g/mol. The van der Waals surface area contributed by atoms with E-state index in [0.29, 0.717) is 25.0 Å². The van der Waals surface area contributed by atoms with Crippen LogP contribution < -0.4 is 0 Å². The maximum Gasteiger partial charge on any atom is 0.303 e. The van der Waals surface area contributed by atoms with Crippen LogP contribution in [0.1, 0.15) is 48.7 Å². The molecule has 2 rings (SSSR count). The minimum atomic E-state index is -0.494. The maximum atomic E-state index is 11.2. The summed E-state index contributed by atoms with van der Waals surface area (Å²) in [5.41, 5.74) is 1.08. The van der Waals surface area contributed by atoms with Crippen LogP contribution in [-0.2, 0) is 14.3 Å². The minimum Gasteiger partial charge on any atom is -0.459 e. The SMILES string of the molecule is CC(=O)OC1(C)CCOC(c2cccc(C=O)c2)C1. The van der Waals surface area contributed by atoms with Crippen LogP contribution in [0.4, 0.5) is 0 Å². The number of hydrogen-bond acceptors (Lipinski definition) is 4. The van der Waals surface area contributed by atoms with Crippen LogP contribution in [-0.4, -0.2) is 24.5 Å². The highest BCUT2D eigenvalue weighted by Crippen LogP contribution is 2.36. The molecule has 0 bridgehead atoms. The van der Waals surface area contributed by atoms with E-state index in [0.717, 1.165) is 11.8 Å². The van der Waals surface area contributed by atoms with Gasteiger partial charge in [0, 0.05) is 25.3 Å². The van der Waals surface area contributed by atoms with E-state index in [4.69, 9.17) is 9.47 Å². The molecule has 1 heterocycles. The van der Waals surface area contributed by atoms with Crippen LogP contribution in [0.15, 0.2) is 24.3 Å². The van der Waals surface area contributed by atoms with Crippen molar-refractivity contribution in [1.29, 1.82) is 0 Å². The molecule has 4 heteroatoms. The second-order valence-electron chi connectivity index (χ2n) is 5.15. The number of benzene rings is 1. The van der Waals surface area contributed by atoms with E-state index in [9.17, 15) is 9.59 Å². The van der Waals surface area contributed by atoms with Crippen molar-refractivity contribution in [3.05, 3.63) is 35.4 Å². The van der Waals surface area contributed by atoms with Gasteiger partial charge in [-0.05, 0) is 18.6 Å². The van der Waals surface area contributed by atoms with E-state index < -0.39 is 5.60 Å². The van der Waals surface area contributed by atoms with Crippen LogP contribution in [0.3, 0.4) is 0 Å². The number of carbonyl (C=O) groups excluding carboxylic acids is 2. The normalized spacial score (nSPS) is 26.7. The first-order valence-electron chi connectivity index (χ1n) is 6.39. The predicted octanol–water partition coefficient (Wildman–Crippen LogP) is 2.67. The van der Waals surface area contributed by atoms with E-state index in [1.807, 2.05) is 25.1 Å². The van der Waals surface area contributed by atoms with Gasteiger partial charge in [0.2, 0.25) is 0 Å². The van der Waals surface area contributed by atoms with Crippen molar-refractivity contribution in [1.82, 2.24) is 0 Å². The van der Waals surface area contributed by atoms with Gasteiger partial charge in [-0.25, -0.2) is 0 Å². The molecule has 1 aliphatic heterocycles. The molecule has 0 radical (unpaired) electrons. The average Bonchev–Trinajstić information content (AvgIpc) is 2.37. The summed E-state index contributed by atoms with van der Waals surface area (Å²) in [5, 5.41) is 0. The van der Waals surface area contributed by atoms with Crippen LogP contribution in [0.2, 0.25) is 0 Å². The van der Waals surface area contributed by atoms with Gasteiger partial charge < -0.3 is 9.47 Å². The molecule has 0 N–H and O–H groups in total. The van der Waals surface area contributed by atoms with Gasteiger partial charge in [0.1, 0.15) is 11.9 Å². The van der Waals surface area contributed by atoms with Crippen molar-refractivity contribution in [2.45, 2.75) is 38.4 Å². The topological polar surface area (TPSA) is 52.6 Å². The highest BCUT2D eigenvalue weighted by molar-refractivity contribution is 5.75. The fourth-order valence-corrected chi connectivity index (χ4v) is 2.46. The fourth-order valence-electron chi connectivity index (χ4n) is 2.46. The molecular formula is C15H18O4. The van der Waals surface area contributed by atoms with Gasteiger partial charge >= 0.3 is 5.97 Å². The molecule has 4 nitrogen and oxygen atoms in total. The van der Waals surface area contributed by atoms with Crippen LogP contribution in [0.25, 0.3) is 0 Å². The van der Waals surface area contributed by atoms with Crippen molar-refractivity contribution in [2.75, 3.05) is 6.61 Å². The van der Waals surface area contributed by atoms with Crippen molar-refractivity contribution in [2.24, 2.45) is 0 Å². The number of carbonyl (C=O) groups is 2. The standard InChI is InChI=1S/C15H18O4/c1-11(17)19-15(2)6-7-18-14(9-15)13-5-3-4-12(8-13)10-16/h3-5,8,10,14H,6-7,9H2,1-2H3. The largest absolute Gasteiger partial charge is 0.459 e. The van der Waals surface area contributed by atoms with E-state index in [1.54, 1.807) is 6.07 Å². The lowest BCUT2D eigenvalue weighted by molar-refractivity contribution is -0.170. The lowest BCUT2D eigenvalue weighted by atomic mass is 9.88. The summed E-state index contributed by atoms with van der Waals surface area (Å²) < 4.78 is 11.1. The third-order valence-corrected chi connectivity index (χ3v) is 3.38. The summed E-state index contributed by atoms with van der Waals surface area (Å²) >= 11 is 0. The maximum absolute atomic E-state index is 11.2. The number of rotatable bonds is 3. The molecule has 0 spiro atoms. The zero-order valence-corrected chi connectivity index (χ0v) is 11.2. The van der Waals surface area contributed by atoms with Gasteiger partial charge in [0.15, 0.2) is 0 Å². The highest BCUT2D eigenvalue weighted by atomic mass is 16.6. The Labute approximate surface area is 112 Å². The Morgan fingerprint density at radius 1 is 1.53 bits per heavy atom. The van der Waals surface area contributed by atoms with E-state index >= 15 is 0 Å². The molecule has 2 unspecified atom stereocenters. The Balaban J connectivity index is 2.16. The molecule has 1 aliphatic rings. The van der Waals surface area contributed by atoms with Crippen LogP contribution in [0, 0.1) is 0 Å². The third-order valence-electron chi connectivity index (χ3n) is 3.38. The van der Waals surface area contributed by atoms with E-state index in [2.05, 4.69) is 0 Å². The zero-order chi connectivity index (χ0) is 13.9. The Morgan fingerprint density at radius 3 is 3.00 bits per heavy atom. The van der Waals surface area contributed by atoms with Gasteiger partial charge in [0.25, 0.3) is 0 Å². The van der Waals surface area contributed by atoms with Gasteiger partial charge in [-0.2, -0.15) is 0 Å². The summed E-state index contributed by atoms with van der Waals surface area (Å²) in [5.74, 6) is -0.273. The van der Waals surface area contributed by atoms with Gasteiger partial charge in [0.05, 0.1) is 12.7 Å². The first kappa shape index (κ1) is 13.7. The first-order chi connectivity index (χ1) is 9.02. The first-order valence-corrected chi connectivity index (χ1v) is 6.39. The molecule has 2 atom stereocenters. The summed E-state index contributed by atoms with van der Waals surface area (Å²) in [6.07, 6.45) is 1.97. The van der Waals surface area contributed by atoms with Gasteiger partial charge in [-0.1, -0.05) is 18.2 Å². The number of hydrogen-bond donors (Lipinski definition) is 0. The molecule has 1 aromatic carbocycles. The predicted molar refractivity (Wildman–Crippen MR) is 69.9 cm³/mol. The summed E-state index contributed by atoms with van der Waals surface area (Å²) in [7, 11) is 0. The zero-order valence-electron chi connectivity index (χ0n) is 11.2. The van der Waals surface area contributed by atoms with E-state index in [-0.39, 0.29) is 12.1 Å². The quantitative estimate of drug-likeness (QED) is 0.620. The van der Waals surface area contributed by atoms with Gasteiger partial charge in [-0.3, -0.25) is 9.59 Å². The second-order valence-corrected chi connectivity index (χ2v) is 5.15. The summed E-state index contributed by atoms with van der Waals surface area (Å²) in [6, 6.07) is 7.33. The smallest absolute Gasteiger partial charge is 0.303 e. The van der Waals surface area contributed by atoms with Crippen molar-refractivity contribution >= 4 is 12.3 Å². The molecule has 1 aromatic rings. The van der Waals surface area contributed by atoms with Crippen molar-refractivity contribution < 1.29 is 19.1 Å². The van der Waals surface area contributed by atoms with Crippen molar-refractivity contribution in [3.63, 3.8) is 0 Å². The number of ether oxygens (including phenoxy) is 2. The molecule has 1 saturated heterocycles. The second kappa shape index (κ2) is 5.53. The fraction of sp³-hybridized carbons (Fsp3) is 0.467. The van der Waals surface area contributed by atoms with Crippen LogP contribution >= 0.6 is 0 Å². The van der Waals surface area contributed by atoms with E-state index in [1.165, 1.54) is 6.92 Å². The Morgan fingerprint density at radius 2 is 2.32 bits per heavy atom. The van der Waals surface area contributed by atoms with Gasteiger partial charge in [-0.15, -0.1) is 0 Å². The lowest BCUT2D eigenvalue weighted by Gasteiger charge is -2.37. The highest BCUT2D eigenvalue weighted by Gasteiger charge is 2.36. The number of aldehydes is 1. The molecule has 0 aliphatic carbocycles. The Kier molecular flexibility index (Phi) is 4.00. The summed E-state index contributed by atoms with van der Waals surface area (Å²) in [4.78, 5) is 22.0.